The fraction of sp³-hybridized carbons (Fsp3) is 0.269. The molecular weight excluding hydrogens is 450 g/mol. The van der Waals surface area contributed by atoms with Gasteiger partial charge in [-0.2, -0.15) is 0 Å². The predicted molar refractivity (Wildman–Crippen MR) is 138 cm³/mol. The van der Waals surface area contributed by atoms with Crippen LogP contribution in [0, 0.1) is 6.92 Å². The minimum absolute atomic E-state index is 0.0448. The minimum Gasteiger partial charge on any atom is -0.355 e. The first-order valence-corrected chi connectivity index (χ1v) is 13.0. The van der Waals surface area contributed by atoms with Crippen molar-refractivity contribution in [3.8, 4) is 11.1 Å². The number of thiophene rings is 1. The first-order chi connectivity index (χ1) is 16.1. The molecule has 1 amide bonds. The van der Waals surface area contributed by atoms with Gasteiger partial charge in [0.1, 0.15) is 4.70 Å². The van der Waals surface area contributed by atoms with Gasteiger partial charge in [-0.3, -0.25) is 14.2 Å². The maximum absolute atomic E-state index is 13.1. The lowest BCUT2D eigenvalue weighted by molar-refractivity contribution is -0.118. The zero-order valence-corrected chi connectivity index (χ0v) is 20.5. The molecule has 170 valence electrons. The van der Waals surface area contributed by atoms with Crippen molar-refractivity contribution >= 4 is 39.2 Å². The van der Waals surface area contributed by atoms with Gasteiger partial charge in [0.05, 0.1) is 11.3 Å². The van der Waals surface area contributed by atoms with E-state index >= 15 is 0 Å². The Kier molecular flexibility index (Phi) is 7.62. The Labute approximate surface area is 201 Å². The number of carbonyl (C=O) groups excluding carboxylic acids is 1. The number of hydrogen-bond acceptors (Lipinski definition) is 5. The fourth-order valence-electron chi connectivity index (χ4n) is 3.65. The number of fused-ring (bicyclic) bond motifs is 1. The maximum atomic E-state index is 13.1. The Hall–Kier alpha value is -2.90. The van der Waals surface area contributed by atoms with E-state index in [0.29, 0.717) is 28.5 Å². The molecule has 0 unspecified atom stereocenters. The summed E-state index contributed by atoms with van der Waals surface area (Å²) >= 11 is 2.75. The Balaban J connectivity index is 1.45. The van der Waals surface area contributed by atoms with Crippen LogP contribution in [0.1, 0.15) is 24.5 Å². The molecule has 1 N–H and O–H groups in total. The van der Waals surface area contributed by atoms with E-state index in [-0.39, 0.29) is 17.2 Å². The molecule has 4 aromatic rings. The SMILES string of the molecule is CCn1c(SCC(=O)NCCCc2ccccc2)nc2c(-c3ccc(C)cc3)csc2c1=O. The molecule has 0 atom stereocenters. The summed E-state index contributed by atoms with van der Waals surface area (Å²) in [4.78, 5) is 30.3. The Bertz CT molecular complexity index is 1300. The average Bonchev–Trinajstić information content (AvgIpc) is 3.26. The van der Waals surface area contributed by atoms with E-state index in [1.807, 2.05) is 30.5 Å². The Morgan fingerprint density at radius 1 is 1.12 bits per heavy atom. The topological polar surface area (TPSA) is 64.0 Å². The van der Waals surface area contributed by atoms with Crippen molar-refractivity contribution in [1.29, 1.82) is 0 Å². The summed E-state index contributed by atoms with van der Waals surface area (Å²) < 4.78 is 2.31. The molecule has 33 heavy (non-hydrogen) atoms. The van der Waals surface area contributed by atoms with Crippen LogP contribution < -0.4 is 10.9 Å². The van der Waals surface area contributed by atoms with E-state index in [0.717, 1.165) is 24.0 Å². The number of hydrogen-bond donors (Lipinski definition) is 1. The van der Waals surface area contributed by atoms with Crippen LogP contribution in [0.4, 0.5) is 0 Å². The molecule has 0 bridgehead atoms. The summed E-state index contributed by atoms with van der Waals surface area (Å²) in [5.74, 6) is 0.182. The van der Waals surface area contributed by atoms with Crippen LogP contribution >= 0.6 is 23.1 Å². The van der Waals surface area contributed by atoms with Crippen molar-refractivity contribution in [2.45, 2.75) is 38.4 Å². The molecule has 2 aromatic heterocycles. The lowest BCUT2D eigenvalue weighted by atomic mass is 10.1. The van der Waals surface area contributed by atoms with Crippen LogP contribution in [-0.4, -0.2) is 27.8 Å². The van der Waals surface area contributed by atoms with Gasteiger partial charge in [-0.15, -0.1) is 11.3 Å². The molecule has 5 nitrogen and oxygen atoms in total. The van der Waals surface area contributed by atoms with E-state index in [1.54, 1.807) is 4.57 Å². The van der Waals surface area contributed by atoms with E-state index < -0.39 is 0 Å². The number of carbonyl (C=O) groups is 1. The number of benzene rings is 2. The number of thioether (sulfide) groups is 1. The predicted octanol–water partition coefficient (Wildman–Crippen LogP) is 5.29. The number of amides is 1. The smallest absolute Gasteiger partial charge is 0.272 e. The monoisotopic (exact) mass is 477 g/mol. The normalized spacial score (nSPS) is 11.1. The van der Waals surface area contributed by atoms with E-state index in [9.17, 15) is 9.59 Å². The van der Waals surface area contributed by atoms with Gasteiger partial charge in [0.2, 0.25) is 5.91 Å². The fourth-order valence-corrected chi connectivity index (χ4v) is 5.50. The first kappa shape index (κ1) is 23.3. The lowest BCUT2D eigenvalue weighted by Gasteiger charge is -2.11. The van der Waals surface area contributed by atoms with Crippen LogP contribution in [0.15, 0.2) is 69.9 Å². The van der Waals surface area contributed by atoms with Gasteiger partial charge >= 0.3 is 0 Å². The molecular formula is C26H27N3O2S2. The van der Waals surface area contributed by atoms with Gasteiger partial charge in [-0.05, 0) is 37.8 Å². The van der Waals surface area contributed by atoms with Crippen molar-refractivity contribution in [2.75, 3.05) is 12.3 Å². The van der Waals surface area contributed by atoms with Gasteiger partial charge in [0, 0.05) is 24.0 Å². The Morgan fingerprint density at radius 2 is 1.88 bits per heavy atom. The summed E-state index contributed by atoms with van der Waals surface area (Å²) in [7, 11) is 0. The van der Waals surface area contributed by atoms with Crippen molar-refractivity contribution in [1.82, 2.24) is 14.9 Å². The van der Waals surface area contributed by atoms with Crippen LogP contribution in [0.5, 0.6) is 0 Å². The van der Waals surface area contributed by atoms with Gasteiger partial charge < -0.3 is 5.32 Å². The lowest BCUT2D eigenvalue weighted by Crippen LogP contribution is -2.27. The third-order valence-corrected chi connectivity index (χ3v) is 7.39. The summed E-state index contributed by atoms with van der Waals surface area (Å²) in [5, 5.41) is 5.56. The molecule has 0 aliphatic carbocycles. The standard InChI is InChI=1S/C26H27N3O2S2/c1-3-29-25(31)24-23(21(16-32-24)20-13-11-18(2)12-14-20)28-26(29)33-17-22(30)27-15-7-10-19-8-5-4-6-9-19/h4-6,8-9,11-14,16H,3,7,10,15,17H2,1-2H3,(H,27,30). The summed E-state index contributed by atoms with van der Waals surface area (Å²) in [5.41, 5.74) is 5.12. The van der Waals surface area contributed by atoms with E-state index in [2.05, 4.69) is 48.6 Å². The third-order valence-electron chi connectivity index (χ3n) is 5.46. The largest absolute Gasteiger partial charge is 0.355 e. The van der Waals surface area contributed by atoms with Crippen molar-refractivity contribution in [2.24, 2.45) is 0 Å². The van der Waals surface area contributed by atoms with Crippen LogP contribution in [0.25, 0.3) is 21.3 Å². The van der Waals surface area contributed by atoms with Gasteiger partial charge in [0.25, 0.3) is 5.56 Å². The molecule has 0 saturated heterocycles. The van der Waals surface area contributed by atoms with Crippen molar-refractivity contribution in [3.05, 3.63) is 81.5 Å². The molecule has 0 radical (unpaired) electrons. The molecule has 2 aromatic carbocycles. The third kappa shape index (κ3) is 5.54. The second-order valence-corrected chi connectivity index (χ2v) is 9.69. The number of nitrogens with zero attached hydrogens (tertiary/aromatic N) is 2. The highest BCUT2D eigenvalue weighted by Gasteiger charge is 2.17. The highest BCUT2D eigenvalue weighted by molar-refractivity contribution is 7.99. The zero-order valence-electron chi connectivity index (χ0n) is 18.8. The highest BCUT2D eigenvalue weighted by atomic mass is 32.2. The molecule has 2 heterocycles. The van der Waals surface area contributed by atoms with Crippen molar-refractivity contribution in [3.63, 3.8) is 0 Å². The first-order valence-electron chi connectivity index (χ1n) is 11.1. The second kappa shape index (κ2) is 10.8. The number of rotatable bonds is 9. The van der Waals surface area contributed by atoms with Crippen LogP contribution in [0.3, 0.4) is 0 Å². The number of aromatic nitrogens is 2. The van der Waals surface area contributed by atoms with E-state index in [4.69, 9.17) is 4.98 Å². The summed E-state index contributed by atoms with van der Waals surface area (Å²) in [6, 6.07) is 18.5. The molecule has 0 saturated carbocycles. The van der Waals surface area contributed by atoms with Crippen LogP contribution in [-0.2, 0) is 17.8 Å². The number of aryl methyl sites for hydroxylation is 2. The van der Waals surface area contributed by atoms with Gasteiger partial charge in [0.15, 0.2) is 5.16 Å². The molecule has 7 heteroatoms. The zero-order chi connectivity index (χ0) is 23.2. The molecule has 0 aliphatic heterocycles. The Morgan fingerprint density at radius 3 is 2.61 bits per heavy atom. The quantitative estimate of drug-likeness (QED) is 0.202. The second-order valence-electron chi connectivity index (χ2n) is 7.86. The van der Waals surface area contributed by atoms with Gasteiger partial charge in [-0.25, -0.2) is 4.98 Å². The van der Waals surface area contributed by atoms with E-state index in [1.165, 1.54) is 34.2 Å². The van der Waals surface area contributed by atoms with Gasteiger partial charge in [-0.1, -0.05) is 71.9 Å². The molecule has 0 aliphatic rings. The summed E-state index contributed by atoms with van der Waals surface area (Å²) in [6.45, 7) is 5.12. The number of nitrogens with one attached hydrogen (secondary N) is 1. The minimum atomic E-state index is -0.0471. The van der Waals surface area contributed by atoms with Crippen molar-refractivity contribution < 1.29 is 4.79 Å². The summed E-state index contributed by atoms with van der Waals surface area (Å²) in [6.07, 6.45) is 1.82. The molecule has 4 rings (SSSR count). The maximum Gasteiger partial charge on any atom is 0.272 e. The molecule has 0 spiro atoms. The highest BCUT2D eigenvalue weighted by Crippen LogP contribution is 2.32. The van der Waals surface area contributed by atoms with Crippen LogP contribution in [0.2, 0.25) is 0 Å². The average molecular weight is 478 g/mol. The molecule has 0 fully saturated rings.